The topological polar surface area (TPSA) is 54.5 Å². The fraction of sp³-hybridized carbons (Fsp3) is 0.571. The molecule has 1 atom stereocenters. The molecule has 1 unspecified atom stereocenters. The maximum Gasteiger partial charge on any atom is 0.270 e. The smallest absolute Gasteiger partial charge is 0.270 e. The van der Waals surface area contributed by atoms with Crippen LogP contribution in [0, 0.1) is 6.92 Å². The highest BCUT2D eigenvalue weighted by atomic mass is 16.5. The first-order chi connectivity index (χ1) is 9.15. The van der Waals surface area contributed by atoms with Crippen molar-refractivity contribution in [1.29, 1.82) is 0 Å². The van der Waals surface area contributed by atoms with Crippen LogP contribution in [0.1, 0.15) is 23.1 Å². The lowest BCUT2D eigenvalue weighted by molar-refractivity contribution is 0.0342. The fourth-order valence-corrected chi connectivity index (χ4v) is 2.18. The van der Waals surface area contributed by atoms with Crippen molar-refractivity contribution in [1.82, 2.24) is 15.2 Å². The second kappa shape index (κ2) is 6.63. The van der Waals surface area contributed by atoms with E-state index in [1.165, 1.54) is 0 Å². The summed E-state index contributed by atoms with van der Waals surface area (Å²) in [6.45, 7) is 8.17. The van der Waals surface area contributed by atoms with Gasteiger partial charge in [0.1, 0.15) is 5.69 Å². The van der Waals surface area contributed by atoms with Gasteiger partial charge in [-0.1, -0.05) is 6.07 Å². The quantitative estimate of drug-likeness (QED) is 0.874. The number of rotatable bonds is 4. The average molecular weight is 263 g/mol. The molecule has 0 aliphatic carbocycles. The van der Waals surface area contributed by atoms with Gasteiger partial charge >= 0.3 is 0 Å². The number of pyridine rings is 1. The number of aromatic nitrogens is 1. The van der Waals surface area contributed by atoms with E-state index in [9.17, 15) is 4.79 Å². The third kappa shape index (κ3) is 4.29. The highest BCUT2D eigenvalue weighted by Gasteiger charge is 2.16. The fourth-order valence-electron chi connectivity index (χ4n) is 2.18. The van der Waals surface area contributed by atoms with Gasteiger partial charge in [0, 0.05) is 31.4 Å². The van der Waals surface area contributed by atoms with Crippen molar-refractivity contribution in [2.24, 2.45) is 0 Å². The number of hydrogen-bond donors (Lipinski definition) is 1. The molecule has 1 saturated heterocycles. The van der Waals surface area contributed by atoms with E-state index in [0.29, 0.717) is 5.69 Å². The number of morpholine rings is 1. The number of nitrogens with one attached hydrogen (secondary N) is 1. The molecular weight excluding hydrogens is 242 g/mol. The SMILES string of the molecule is Cc1cccc(C(=O)NC(C)CN2CCOCC2)n1. The summed E-state index contributed by atoms with van der Waals surface area (Å²) >= 11 is 0. The third-order valence-electron chi connectivity index (χ3n) is 3.13. The summed E-state index contributed by atoms with van der Waals surface area (Å²) in [5.74, 6) is -0.107. The molecule has 19 heavy (non-hydrogen) atoms. The van der Waals surface area contributed by atoms with Crippen molar-refractivity contribution in [2.45, 2.75) is 19.9 Å². The van der Waals surface area contributed by atoms with Gasteiger partial charge in [-0.3, -0.25) is 9.69 Å². The molecule has 0 bridgehead atoms. The molecule has 1 N–H and O–H groups in total. The number of carbonyl (C=O) groups is 1. The predicted octanol–water partition coefficient (Wildman–Crippen LogP) is 0.841. The molecule has 2 heterocycles. The molecule has 5 heteroatoms. The molecule has 5 nitrogen and oxygen atoms in total. The molecule has 1 aliphatic rings. The first-order valence-electron chi connectivity index (χ1n) is 6.70. The summed E-state index contributed by atoms with van der Waals surface area (Å²) in [6, 6.07) is 5.58. The first kappa shape index (κ1) is 14.0. The standard InChI is InChI=1S/C14H21N3O2/c1-11-4-3-5-13(15-11)14(18)16-12(2)10-17-6-8-19-9-7-17/h3-5,12H,6-10H2,1-2H3,(H,16,18). The van der Waals surface area contributed by atoms with Crippen molar-refractivity contribution >= 4 is 5.91 Å². The molecule has 104 valence electrons. The minimum absolute atomic E-state index is 0.105. The summed E-state index contributed by atoms with van der Waals surface area (Å²) in [7, 11) is 0. The molecule has 0 aromatic carbocycles. The van der Waals surface area contributed by atoms with Crippen molar-refractivity contribution < 1.29 is 9.53 Å². The van der Waals surface area contributed by atoms with E-state index in [1.54, 1.807) is 6.07 Å². The molecule has 1 aromatic heterocycles. The zero-order valence-corrected chi connectivity index (χ0v) is 11.6. The highest BCUT2D eigenvalue weighted by Crippen LogP contribution is 2.01. The highest BCUT2D eigenvalue weighted by molar-refractivity contribution is 5.92. The summed E-state index contributed by atoms with van der Waals surface area (Å²) in [6.07, 6.45) is 0. The predicted molar refractivity (Wildman–Crippen MR) is 73.2 cm³/mol. The number of ether oxygens (including phenoxy) is 1. The summed E-state index contributed by atoms with van der Waals surface area (Å²) < 4.78 is 5.31. The molecule has 1 amide bonds. The van der Waals surface area contributed by atoms with E-state index in [-0.39, 0.29) is 11.9 Å². The zero-order valence-electron chi connectivity index (χ0n) is 11.6. The largest absolute Gasteiger partial charge is 0.379 e. The Kier molecular flexibility index (Phi) is 4.87. The Morgan fingerprint density at radius 1 is 1.47 bits per heavy atom. The van der Waals surface area contributed by atoms with E-state index in [0.717, 1.165) is 38.5 Å². The number of hydrogen-bond acceptors (Lipinski definition) is 4. The third-order valence-corrected chi connectivity index (χ3v) is 3.13. The minimum atomic E-state index is -0.107. The van der Waals surface area contributed by atoms with Crippen LogP contribution >= 0.6 is 0 Å². The van der Waals surface area contributed by atoms with E-state index < -0.39 is 0 Å². The summed E-state index contributed by atoms with van der Waals surface area (Å²) in [5, 5.41) is 2.99. The van der Waals surface area contributed by atoms with Crippen LogP contribution in [0.4, 0.5) is 0 Å². The van der Waals surface area contributed by atoms with Crippen molar-refractivity contribution in [2.75, 3.05) is 32.8 Å². The lowest BCUT2D eigenvalue weighted by Crippen LogP contribution is -2.46. The van der Waals surface area contributed by atoms with Crippen LogP contribution in [-0.2, 0) is 4.74 Å². The van der Waals surface area contributed by atoms with Gasteiger partial charge in [-0.15, -0.1) is 0 Å². The Morgan fingerprint density at radius 3 is 2.89 bits per heavy atom. The van der Waals surface area contributed by atoms with Crippen LogP contribution in [0.15, 0.2) is 18.2 Å². The van der Waals surface area contributed by atoms with Crippen LogP contribution < -0.4 is 5.32 Å². The van der Waals surface area contributed by atoms with Gasteiger partial charge in [0.25, 0.3) is 5.91 Å². The van der Waals surface area contributed by atoms with Crippen LogP contribution in [0.2, 0.25) is 0 Å². The van der Waals surface area contributed by atoms with Crippen molar-refractivity contribution in [3.8, 4) is 0 Å². The Balaban J connectivity index is 1.84. The maximum atomic E-state index is 12.0. The van der Waals surface area contributed by atoms with Gasteiger partial charge < -0.3 is 10.1 Å². The number of nitrogens with zero attached hydrogens (tertiary/aromatic N) is 2. The first-order valence-corrected chi connectivity index (χ1v) is 6.70. The van der Waals surface area contributed by atoms with E-state index in [1.807, 2.05) is 26.0 Å². The van der Waals surface area contributed by atoms with Crippen LogP contribution in [-0.4, -0.2) is 54.7 Å². The number of amides is 1. The monoisotopic (exact) mass is 263 g/mol. The average Bonchev–Trinajstić information content (AvgIpc) is 2.39. The van der Waals surface area contributed by atoms with E-state index in [4.69, 9.17) is 4.74 Å². The van der Waals surface area contributed by atoms with Gasteiger partial charge in [0.05, 0.1) is 13.2 Å². The van der Waals surface area contributed by atoms with E-state index in [2.05, 4.69) is 15.2 Å². The van der Waals surface area contributed by atoms with Crippen LogP contribution in [0.5, 0.6) is 0 Å². The Labute approximate surface area is 114 Å². The molecular formula is C14H21N3O2. The molecule has 2 rings (SSSR count). The molecule has 0 saturated carbocycles. The Morgan fingerprint density at radius 2 is 2.21 bits per heavy atom. The zero-order chi connectivity index (χ0) is 13.7. The lowest BCUT2D eigenvalue weighted by atomic mass is 10.2. The molecule has 1 aliphatic heterocycles. The van der Waals surface area contributed by atoms with Gasteiger partial charge in [-0.2, -0.15) is 0 Å². The number of aryl methyl sites for hydroxylation is 1. The Hall–Kier alpha value is -1.46. The molecule has 1 fully saturated rings. The minimum Gasteiger partial charge on any atom is -0.379 e. The van der Waals surface area contributed by atoms with Crippen LogP contribution in [0.3, 0.4) is 0 Å². The van der Waals surface area contributed by atoms with Gasteiger partial charge in [0.2, 0.25) is 0 Å². The second-order valence-corrected chi connectivity index (χ2v) is 4.95. The Bertz CT molecular complexity index is 430. The van der Waals surface area contributed by atoms with Crippen molar-refractivity contribution in [3.63, 3.8) is 0 Å². The van der Waals surface area contributed by atoms with Crippen molar-refractivity contribution in [3.05, 3.63) is 29.6 Å². The molecule has 0 radical (unpaired) electrons. The van der Waals surface area contributed by atoms with E-state index >= 15 is 0 Å². The van der Waals surface area contributed by atoms with Gasteiger partial charge in [-0.05, 0) is 26.0 Å². The maximum absolute atomic E-state index is 12.0. The number of carbonyl (C=O) groups excluding carboxylic acids is 1. The lowest BCUT2D eigenvalue weighted by Gasteiger charge is -2.29. The summed E-state index contributed by atoms with van der Waals surface area (Å²) in [4.78, 5) is 18.6. The second-order valence-electron chi connectivity index (χ2n) is 4.95. The van der Waals surface area contributed by atoms with Crippen LogP contribution in [0.25, 0.3) is 0 Å². The molecule has 1 aromatic rings. The normalized spacial score (nSPS) is 18.0. The van der Waals surface area contributed by atoms with Gasteiger partial charge in [0.15, 0.2) is 0 Å². The summed E-state index contributed by atoms with van der Waals surface area (Å²) in [5.41, 5.74) is 1.34. The van der Waals surface area contributed by atoms with Gasteiger partial charge in [-0.25, -0.2) is 4.98 Å². The molecule has 0 spiro atoms.